The molecular formula is C16H14N2O3. The SMILES string of the molecule is Cc1ccc(-c2nc(COc3ccccc3)no2)c(O)c1. The first-order valence-electron chi connectivity index (χ1n) is 6.53. The largest absolute Gasteiger partial charge is 0.507 e. The zero-order valence-electron chi connectivity index (χ0n) is 11.5. The second kappa shape index (κ2) is 5.66. The van der Waals surface area contributed by atoms with Crippen LogP contribution in [0.4, 0.5) is 0 Å². The van der Waals surface area contributed by atoms with Crippen LogP contribution in [0.15, 0.2) is 53.1 Å². The Morgan fingerprint density at radius 3 is 2.71 bits per heavy atom. The van der Waals surface area contributed by atoms with Gasteiger partial charge >= 0.3 is 0 Å². The van der Waals surface area contributed by atoms with Crippen molar-refractivity contribution in [3.8, 4) is 23.0 Å². The fraction of sp³-hybridized carbons (Fsp3) is 0.125. The van der Waals surface area contributed by atoms with E-state index in [9.17, 15) is 5.11 Å². The topological polar surface area (TPSA) is 68.4 Å². The van der Waals surface area contributed by atoms with Gasteiger partial charge in [-0.25, -0.2) is 0 Å². The molecule has 0 saturated heterocycles. The van der Waals surface area contributed by atoms with Crippen LogP contribution in [0.3, 0.4) is 0 Å². The molecule has 5 nitrogen and oxygen atoms in total. The lowest BCUT2D eigenvalue weighted by Crippen LogP contribution is -1.97. The van der Waals surface area contributed by atoms with E-state index in [2.05, 4.69) is 10.1 Å². The van der Waals surface area contributed by atoms with Gasteiger partial charge in [0.25, 0.3) is 5.89 Å². The molecule has 0 atom stereocenters. The van der Waals surface area contributed by atoms with Crippen molar-refractivity contribution in [3.05, 3.63) is 59.9 Å². The average Bonchev–Trinajstić information content (AvgIpc) is 2.95. The van der Waals surface area contributed by atoms with Gasteiger partial charge in [-0.05, 0) is 36.8 Å². The van der Waals surface area contributed by atoms with Gasteiger partial charge in [0.15, 0.2) is 6.61 Å². The van der Waals surface area contributed by atoms with Gasteiger partial charge in [-0.3, -0.25) is 0 Å². The van der Waals surface area contributed by atoms with E-state index in [1.165, 1.54) is 0 Å². The van der Waals surface area contributed by atoms with Crippen LogP contribution in [0.2, 0.25) is 0 Å². The Morgan fingerprint density at radius 1 is 1.14 bits per heavy atom. The number of phenols is 1. The van der Waals surface area contributed by atoms with E-state index in [0.29, 0.717) is 11.4 Å². The maximum Gasteiger partial charge on any atom is 0.261 e. The van der Waals surface area contributed by atoms with Crippen molar-refractivity contribution in [2.45, 2.75) is 13.5 Å². The maximum absolute atomic E-state index is 9.90. The Kier molecular flexibility index (Phi) is 3.55. The lowest BCUT2D eigenvalue weighted by atomic mass is 10.1. The normalized spacial score (nSPS) is 10.5. The minimum atomic E-state index is 0.120. The predicted octanol–water partition coefficient (Wildman–Crippen LogP) is 3.33. The van der Waals surface area contributed by atoms with Gasteiger partial charge < -0.3 is 14.4 Å². The van der Waals surface area contributed by atoms with Crippen molar-refractivity contribution in [2.24, 2.45) is 0 Å². The van der Waals surface area contributed by atoms with E-state index in [0.717, 1.165) is 11.3 Å². The minimum absolute atomic E-state index is 0.120. The molecule has 0 unspecified atom stereocenters. The lowest BCUT2D eigenvalue weighted by Gasteiger charge is -2.01. The van der Waals surface area contributed by atoms with Crippen LogP contribution >= 0.6 is 0 Å². The zero-order valence-corrected chi connectivity index (χ0v) is 11.5. The number of hydrogen-bond donors (Lipinski definition) is 1. The number of aromatic nitrogens is 2. The summed E-state index contributed by atoms with van der Waals surface area (Å²) in [4.78, 5) is 4.22. The number of para-hydroxylation sites is 1. The molecule has 0 saturated carbocycles. The molecule has 0 amide bonds. The quantitative estimate of drug-likeness (QED) is 0.795. The van der Waals surface area contributed by atoms with Gasteiger partial charge in [-0.1, -0.05) is 29.4 Å². The third kappa shape index (κ3) is 3.02. The van der Waals surface area contributed by atoms with Crippen LogP contribution in [-0.2, 0) is 6.61 Å². The van der Waals surface area contributed by atoms with Crippen molar-refractivity contribution >= 4 is 0 Å². The lowest BCUT2D eigenvalue weighted by molar-refractivity contribution is 0.287. The van der Waals surface area contributed by atoms with Gasteiger partial charge in [-0.15, -0.1) is 0 Å². The molecule has 3 rings (SSSR count). The molecule has 3 aromatic rings. The smallest absolute Gasteiger partial charge is 0.261 e. The summed E-state index contributed by atoms with van der Waals surface area (Å²) in [7, 11) is 0. The number of benzene rings is 2. The third-order valence-corrected chi connectivity index (χ3v) is 2.96. The predicted molar refractivity (Wildman–Crippen MR) is 76.9 cm³/mol. The van der Waals surface area contributed by atoms with Gasteiger partial charge in [0.1, 0.15) is 11.5 Å². The number of phenolic OH excluding ortho intramolecular Hbond substituents is 1. The molecule has 5 heteroatoms. The summed E-state index contributed by atoms with van der Waals surface area (Å²) in [5, 5.41) is 13.8. The summed E-state index contributed by atoms with van der Waals surface area (Å²) in [5.74, 6) is 1.56. The number of aromatic hydroxyl groups is 1. The molecule has 0 aliphatic carbocycles. The van der Waals surface area contributed by atoms with Crippen molar-refractivity contribution < 1.29 is 14.4 Å². The molecule has 21 heavy (non-hydrogen) atoms. The van der Waals surface area contributed by atoms with Crippen LogP contribution in [0, 0.1) is 6.92 Å². The second-order valence-corrected chi connectivity index (χ2v) is 4.64. The summed E-state index contributed by atoms with van der Waals surface area (Å²) in [6, 6.07) is 14.7. The molecular weight excluding hydrogens is 268 g/mol. The molecule has 0 radical (unpaired) electrons. The van der Waals surface area contributed by atoms with E-state index in [-0.39, 0.29) is 18.2 Å². The molecule has 1 aromatic heterocycles. The number of ether oxygens (including phenoxy) is 1. The summed E-state index contributed by atoms with van der Waals surface area (Å²) in [6.07, 6.45) is 0. The number of rotatable bonds is 4. The standard InChI is InChI=1S/C16H14N2O3/c1-11-7-8-13(14(19)9-11)16-17-15(18-21-16)10-20-12-5-3-2-4-6-12/h2-9,19H,10H2,1H3. The van der Waals surface area contributed by atoms with E-state index < -0.39 is 0 Å². The highest BCUT2D eigenvalue weighted by atomic mass is 16.5. The number of hydrogen-bond acceptors (Lipinski definition) is 5. The first-order valence-corrected chi connectivity index (χ1v) is 6.53. The fourth-order valence-corrected chi connectivity index (χ4v) is 1.91. The molecule has 0 bridgehead atoms. The molecule has 0 aliphatic heterocycles. The Hall–Kier alpha value is -2.82. The zero-order chi connectivity index (χ0) is 14.7. The third-order valence-electron chi connectivity index (χ3n) is 2.96. The Morgan fingerprint density at radius 2 is 1.95 bits per heavy atom. The van der Waals surface area contributed by atoms with Gasteiger partial charge in [-0.2, -0.15) is 4.98 Å². The van der Waals surface area contributed by atoms with Gasteiger partial charge in [0, 0.05) is 0 Å². The van der Waals surface area contributed by atoms with Crippen LogP contribution in [0.1, 0.15) is 11.4 Å². The van der Waals surface area contributed by atoms with E-state index in [1.807, 2.05) is 43.3 Å². The molecule has 0 fully saturated rings. The first kappa shape index (κ1) is 13.2. The van der Waals surface area contributed by atoms with Crippen molar-refractivity contribution in [2.75, 3.05) is 0 Å². The van der Waals surface area contributed by atoms with Crippen LogP contribution < -0.4 is 4.74 Å². The Bertz CT molecular complexity index is 738. The van der Waals surface area contributed by atoms with E-state index in [4.69, 9.17) is 9.26 Å². The minimum Gasteiger partial charge on any atom is -0.507 e. The van der Waals surface area contributed by atoms with Crippen LogP contribution in [0.5, 0.6) is 11.5 Å². The summed E-state index contributed by atoms with van der Waals surface area (Å²) >= 11 is 0. The molecule has 106 valence electrons. The Balaban J connectivity index is 1.74. The second-order valence-electron chi connectivity index (χ2n) is 4.64. The Labute approximate surface area is 121 Å². The fourth-order valence-electron chi connectivity index (χ4n) is 1.91. The molecule has 1 heterocycles. The molecule has 0 aliphatic rings. The maximum atomic E-state index is 9.90. The van der Waals surface area contributed by atoms with Crippen LogP contribution in [0.25, 0.3) is 11.5 Å². The van der Waals surface area contributed by atoms with Crippen molar-refractivity contribution in [3.63, 3.8) is 0 Å². The van der Waals surface area contributed by atoms with Crippen molar-refractivity contribution in [1.29, 1.82) is 0 Å². The average molecular weight is 282 g/mol. The number of aryl methyl sites for hydroxylation is 1. The monoisotopic (exact) mass is 282 g/mol. The summed E-state index contributed by atoms with van der Waals surface area (Å²) in [5.41, 5.74) is 1.47. The number of nitrogens with zero attached hydrogens (tertiary/aromatic N) is 2. The summed E-state index contributed by atoms with van der Waals surface area (Å²) in [6.45, 7) is 2.11. The van der Waals surface area contributed by atoms with Crippen LogP contribution in [-0.4, -0.2) is 15.2 Å². The summed E-state index contributed by atoms with van der Waals surface area (Å²) < 4.78 is 10.7. The van der Waals surface area contributed by atoms with E-state index >= 15 is 0 Å². The molecule has 0 spiro atoms. The highest BCUT2D eigenvalue weighted by Crippen LogP contribution is 2.28. The highest BCUT2D eigenvalue weighted by Gasteiger charge is 2.13. The van der Waals surface area contributed by atoms with E-state index in [1.54, 1.807) is 12.1 Å². The first-order chi connectivity index (χ1) is 10.2. The van der Waals surface area contributed by atoms with Gasteiger partial charge in [0.05, 0.1) is 5.56 Å². The molecule has 2 aromatic carbocycles. The molecule has 1 N–H and O–H groups in total. The highest BCUT2D eigenvalue weighted by molar-refractivity contribution is 5.62. The van der Waals surface area contributed by atoms with Gasteiger partial charge in [0.2, 0.25) is 5.82 Å². The van der Waals surface area contributed by atoms with Crippen molar-refractivity contribution in [1.82, 2.24) is 10.1 Å².